The molecule has 10 nitrogen and oxygen atoms in total. The first kappa shape index (κ1) is 34.3. The summed E-state index contributed by atoms with van der Waals surface area (Å²) in [5.74, 6) is 0.769. The van der Waals surface area contributed by atoms with Gasteiger partial charge in [0.15, 0.2) is 6.29 Å². The number of azide groups is 1. The maximum Gasteiger partial charge on any atom is 0.184 e. The highest BCUT2D eigenvalue weighted by Crippen LogP contribution is 2.29. The van der Waals surface area contributed by atoms with E-state index in [1.54, 1.807) is 0 Å². The van der Waals surface area contributed by atoms with Gasteiger partial charge in [0.25, 0.3) is 0 Å². The van der Waals surface area contributed by atoms with Crippen LogP contribution in [0.25, 0.3) is 10.4 Å². The number of nitrogens with zero attached hydrogens (tertiary/aromatic N) is 3. The third-order valence-corrected chi connectivity index (χ3v) is 6.29. The van der Waals surface area contributed by atoms with Crippen molar-refractivity contribution >= 4 is 0 Å². The molecule has 40 heavy (non-hydrogen) atoms. The van der Waals surface area contributed by atoms with Gasteiger partial charge in [-0.05, 0) is 23.1 Å². The monoisotopic (exact) mass is 565 g/mol. The Hall–Kier alpha value is -1.91. The SMILES string of the molecule is CC(C)(CO)COCC(C)(C)COCC1COC(c2ccc(OCC(C)(C)COCC(C)(C)CN=[N+]=[N-])cc2)O1. The van der Waals surface area contributed by atoms with Crippen LogP contribution in [0.5, 0.6) is 5.75 Å². The van der Waals surface area contributed by atoms with E-state index >= 15 is 0 Å². The van der Waals surface area contributed by atoms with Crippen LogP contribution in [-0.2, 0) is 23.7 Å². The maximum atomic E-state index is 9.37. The number of aliphatic hydroxyl groups is 1. The van der Waals surface area contributed by atoms with Gasteiger partial charge in [0.2, 0.25) is 0 Å². The topological polar surface area (TPSA) is 124 Å². The summed E-state index contributed by atoms with van der Waals surface area (Å²) in [5.41, 5.74) is 8.67. The molecule has 0 amide bonds. The molecule has 1 N–H and O–H groups in total. The number of ether oxygens (including phenoxy) is 6. The number of rotatable bonds is 19. The molecule has 0 saturated carbocycles. The molecule has 0 aromatic heterocycles. The van der Waals surface area contributed by atoms with Crippen LogP contribution in [0, 0.1) is 21.7 Å². The number of aliphatic hydroxyl groups excluding tert-OH is 1. The molecule has 0 aliphatic carbocycles. The van der Waals surface area contributed by atoms with Gasteiger partial charge in [-0.1, -0.05) is 72.6 Å². The van der Waals surface area contributed by atoms with E-state index in [-0.39, 0.29) is 34.4 Å². The van der Waals surface area contributed by atoms with Crippen molar-refractivity contribution in [1.82, 2.24) is 0 Å². The van der Waals surface area contributed by atoms with Crippen molar-refractivity contribution in [2.75, 3.05) is 66.0 Å². The van der Waals surface area contributed by atoms with Crippen molar-refractivity contribution in [3.05, 3.63) is 40.3 Å². The molecule has 1 aliphatic heterocycles. The van der Waals surface area contributed by atoms with Crippen molar-refractivity contribution < 1.29 is 33.5 Å². The third kappa shape index (κ3) is 13.2. The average molecular weight is 566 g/mol. The Morgan fingerprint density at radius 3 is 1.98 bits per heavy atom. The largest absolute Gasteiger partial charge is 0.493 e. The summed E-state index contributed by atoms with van der Waals surface area (Å²) in [5, 5.41) is 13.0. The Bertz CT molecular complexity index is 928. The second-order valence-corrected chi connectivity index (χ2v) is 14.0. The fourth-order valence-corrected chi connectivity index (χ4v) is 3.78. The van der Waals surface area contributed by atoms with Crippen LogP contribution >= 0.6 is 0 Å². The molecule has 1 aromatic rings. The fraction of sp³-hybridized carbons (Fsp3) is 0.800. The molecule has 1 aliphatic rings. The lowest BCUT2D eigenvalue weighted by atomic mass is 9.94. The van der Waals surface area contributed by atoms with Gasteiger partial charge in [0, 0.05) is 33.3 Å². The van der Waals surface area contributed by atoms with E-state index < -0.39 is 6.29 Å². The molecular formula is C30H51N3O7. The molecule has 2 rings (SSSR count). The molecule has 1 aromatic carbocycles. The highest BCUT2D eigenvalue weighted by atomic mass is 16.7. The van der Waals surface area contributed by atoms with E-state index in [0.717, 1.165) is 11.3 Å². The second-order valence-electron chi connectivity index (χ2n) is 14.0. The normalized spacial score (nSPS) is 18.5. The Balaban J connectivity index is 1.70. The summed E-state index contributed by atoms with van der Waals surface area (Å²) < 4.78 is 35.6. The van der Waals surface area contributed by atoms with Crippen LogP contribution in [0.2, 0.25) is 0 Å². The van der Waals surface area contributed by atoms with Crippen LogP contribution in [0.15, 0.2) is 29.4 Å². The Morgan fingerprint density at radius 2 is 1.38 bits per heavy atom. The molecule has 10 heteroatoms. The zero-order valence-electron chi connectivity index (χ0n) is 25.8. The van der Waals surface area contributed by atoms with Gasteiger partial charge in [-0.25, -0.2) is 0 Å². The van der Waals surface area contributed by atoms with Crippen LogP contribution in [0.1, 0.15) is 67.2 Å². The first-order valence-corrected chi connectivity index (χ1v) is 14.0. The van der Waals surface area contributed by atoms with E-state index in [1.807, 2.05) is 52.0 Å². The molecule has 1 saturated heterocycles. The number of benzene rings is 1. The molecule has 228 valence electrons. The van der Waals surface area contributed by atoms with Crippen molar-refractivity contribution in [2.24, 2.45) is 26.8 Å². The zero-order valence-corrected chi connectivity index (χ0v) is 25.8. The van der Waals surface area contributed by atoms with Gasteiger partial charge in [0.1, 0.15) is 11.9 Å². The van der Waals surface area contributed by atoms with Crippen LogP contribution in [-0.4, -0.2) is 77.2 Å². The summed E-state index contributed by atoms with van der Waals surface area (Å²) in [6, 6.07) is 7.76. The predicted octanol–water partition coefficient (Wildman–Crippen LogP) is 5.94. The number of hydrogen-bond donors (Lipinski definition) is 1. The zero-order chi connectivity index (χ0) is 29.9. The summed E-state index contributed by atoms with van der Waals surface area (Å²) >= 11 is 0. The smallest absolute Gasteiger partial charge is 0.184 e. The highest BCUT2D eigenvalue weighted by Gasteiger charge is 2.29. The van der Waals surface area contributed by atoms with E-state index in [4.69, 9.17) is 34.0 Å². The maximum absolute atomic E-state index is 9.37. The first-order chi connectivity index (χ1) is 18.7. The molecular weight excluding hydrogens is 514 g/mol. The lowest BCUT2D eigenvalue weighted by Crippen LogP contribution is -2.31. The second kappa shape index (κ2) is 15.4. The van der Waals surface area contributed by atoms with Crippen molar-refractivity contribution in [1.29, 1.82) is 0 Å². The molecule has 2 unspecified atom stereocenters. The minimum atomic E-state index is -0.432. The van der Waals surface area contributed by atoms with Crippen molar-refractivity contribution in [3.63, 3.8) is 0 Å². The average Bonchev–Trinajstić information content (AvgIpc) is 3.35. The van der Waals surface area contributed by atoms with E-state index in [2.05, 4.69) is 37.7 Å². The van der Waals surface area contributed by atoms with Gasteiger partial charge >= 0.3 is 0 Å². The summed E-state index contributed by atoms with van der Waals surface area (Å²) in [6.07, 6.45) is -0.568. The predicted molar refractivity (Wildman–Crippen MR) is 154 cm³/mol. The lowest BCUT2D eigenvalue weighted by Gasteiger charge is -2.28. The van der Waals surface area contributed by atoms with Gasteiger partial charge in [-0.15, -0.1) is 0 Å². The van der Waals surface area contributed by atoms with Crippen LogP contribution < -0.4 is 4.74 Å². The molecule has 1 heterocycles. The van der Waals surface area contributed by atoms with Gasteiger partial charge in [-0.2, -0.15) is 0 Å². The van der Waals surface area contributed by atoms with Gasteiger partial charge < -0.3 is 33.5 Å². The summed E-state index contributed by atoms with van der Waals surface area (Å²) in [4.78, 5) is 2.83. The Morgan fingerprint density at radius 1 is 0.825 bits per heavy atom. The Kier molecular flexibility index (Phi) is 13.2. The highest BCUT2D eigenvalue weighted by molar-refractivity contribution is 5.28. The van der Waals surface area contributed by atoms with Gasteiger partial charge in [0.05, 0.1) is 59.5 Å². The van der Waals surface area contributed by atoms with Gasteiger partial charge in [-0.3, -0.25) is 0 Å². The minimum absolute atomic E-state index is 0.0926. The molecule has 0 radical (unpaired) electrons. The van der Waals surface area contributed by atoms with Crippen molar-refractivity contribution in [2.45, 2.75) is 67.8 Å². The molecule has 0 spiro atoms. The summed E-state index contributed by atoms with van der Waals surface area (Å²) in [7, 11) is 0. The van der Waals surface area contributed by atoms with Crippen LogP contribution in [0.4, 0.5) is 0 Å². The minimum Gasteiger partial charge on any atom is -0.493 e. The van der Waals surface area contributed by atoms with E-state index in [1.165, 1.54) is 0 Å². The third-order valence-electron chi connectivity index (χ3n) is 6.29. The molecule has 2 atom stereocenters. The lowest BCUT2D eigenvalue weighted by molar-refractivity contribution is -0.0844. The van der Waals surface area contributed by atoms with E-state index in [0.29, 0.717) is 59.4 Å². The standard InChI is InChI=1S/C30H51N3O7/c1-27(2,15-32-33-31)17-36-21-30(7,8)22-39-24-11-9-23(10-12-24)26-38-14-25(40-26)13-35-19-29(5,6)20-37-18-28(3,4)16-34/h9-12,25-26,34H,13-22H2,1-8H3. The number of hydrogen-bond acceptors (Lipinski definition) is 8. The quantitative estimate of drug-likeness (QED) is 0.125. The Labute approximate surface area is 240 Å². The first-order valence-electron chi connectivity index (χ1n) is 14.0. The summed E-state index contributed by atoms with van der Waals surface area (Å²) in [6.45, 7) is 20.9. The molecule has 1 fully saturated rings. The fourth-order valence-electron chi connectivity index (χ4n) is 3.78. The van der Waals surface area contributed by atoms with Crippen molar-refractivity contribution in [3.8, 4) is 5.75 Å². The van der Waals surface area contributed by atoms with E-state index in [9.17, 15) is 5.11 Å². The molecule has 0 bridgehead atoms. The van der Waals surface area contributed by atoms with Crippen LogP contribution in [0.3, 0.4) is 0 Å².